The first-order valence-corrected chi connectivity index (χ1v) is 12.1. The normalized spacial score (nSPS) is 17.4. The number of hydrogen-bond donors (Lipinski definition) is 4. The standard InChI is InChI=1S/C26H35N3O7/c27-10-11-29-26(32)21-3-1-2-20(16-21)19-4-7-23(8-5-19)35-18-24(31)28-12-13-33-14-15-34-25-9-6-22(30)17-36-25/h1-5,7-8,16,22,25,30H,6,9-15,17-18,27H2,(H,28,31)(H,29,32)/t22-,25-/m1/s1. The van der Waals surface area contributed by atoms with Gasteiger partial charge in [-0.1, -0.05) is 24.3 Å². The molecule has 10 heteroatoms. The average molecular weight is 502 g/mol. The van der Waals surface area contributed by atoms with E-state index in [2.05, 4.69) is 10.6 Å². The topological polar surface area (TPSA) is 141 Å². The molecule has 196 valence electrons. The predicted molar refractivity (Wildman–Crippen MR) is 134 cm³/mol. The number of aliphatic hydroxyl groups excluding tert-OH is 1. The summed E-state index contributed by atoms with van der Waals surface area (Å²) in [5.41, 5.74) is 7.82. The fourth-order valence-corrected chi connectivity index (χ4v) is 3.52. The summed E-state index contributed by atoms with van der Waals surface area (Å²) in [4.78, 5) is 24.2. The summed E-state index contributed by atoms with van der Waals surface area (Å²) < 4.78 is 21.9. The van der Waals surface area contributed by atoms with E-state index in [0.29, 0.717) is 70.2 Å². The number of aliphatic hydroxyl groups is 1. The van der Waals surface area contributed by atoms with Gasteiger partial charge in [-0.05, 0) is 41.8 Å². The molecule has 0 radical (unpaired) electrons. The van der Waals surface area contributed by atoms with E-state index >= 15 is 0 Å². The van der Waals surface area contributed by atoms with Crippen molar-refractivity contribution in [2.75, 3.05) is 52.7 Å². The van der Waals surface area contributed by atoms with Crippen molar-refractivity contribution in [3.8, 4) is 16.9 Å². The van der Waals surface area contributed by atoms with E-state index < -0.39 is 6.10 Å². The van der Waals surface area contributed by atoms with Gasteiger partial charge in [0.05, 0.1) is 32.5 Å². The van der Waals surface area contributed by atoms with Crippen LogP contribution < -0.4 is 21.1 Å². The van der Waals surface area contributed by atoms with Crippen LogP contribution in [-0.2, 0) is 19.0 Å². The summed E-state index contributed by atoms with van der Waals surface area (Å²) in [7, 11) is 0. The highest BCUT2D eigenvalue weighted by Crippen LogP contribution is 2.23. The maximum Gasteiger partial charge on any atom is 0.258 e. The highest BCUT2D eigenvalue weighted by molar-refractivity contribution is 5.95. The average Bonchev–Trinajstić information content (AvgIpc) is 2.91. The molecule has 5 N–H and O–H groups in total. The molecule has 0 spiro atoms. The quantitative estimate of drug-likeness (QED) is 0.282. The molecule has 2 atom stereocenters. The third-order valence-electron chi connectivity index (χ3n) is 5.42. The van der Waals surface area contributed by atoms with Crippen LogP contribution in [0.2, 0.25) is 0 Å². The molecule has 2 aromatic carbocycles. The molecule has 0 saturated carbocycles. The van der Waals surface area contributed by atoms with Gasteiger partial charge in [-0.2, -0.15) is 0 Å². The Morgan fingerprint density at radius 3 is 2.58 bits per heavy atom. The van der Waals surface area contributed by atoms with Gasteiger partial charge in [0, 0.05) is 31.6 Å². The molecule has 0 unspecified atom stereocenters. The van der Waals surface area contributed by atoms with Crippen molar-refractivity contribution in [3.05, 3.63) is 54.1 Å². The van der Waals surface area contributed by atoms with Gasteiger partial charge in [0.2, 0.25) is 0 Å². The van der Waals surface area contributed by atoms with Gasteiger partial charge in [-0.3, -0.25) is 9.59 Å². The van der Waals surface area contributed by atoms with Gasteiger partial charge in [0.1, 0.15) is 5.75 Å². The number of carbonyl (C=O) groups excluding carboxylic acids is 2. The second-order valence-electron chi connectivity index (χ2n) is 8.27. The number of amides is 2. The molecule has 1 fully saturated rings. The smallest absolute Gasteiger partial charge is 0.258 e. The van der Waals surface area contributed by atoms with E-state index in [1.807, 2.05) is 30.3 Å². The summed E-state index contributed by atoms with van der Waals surface area (Å²) in [6.07, 6.45) is 0.648. The van der Waals surface area contributed by atoms with Crippen LogP contribution in [0, 0.1) is 0 Å². The zero-order chi connectivity index (χ0) is 25.6. The molecule has 0 bridgehead atoms. The van der Waals surface area contributed by atoms with E-state index in [9.17, 15) is 14.7 Å². The van der Waals surface area contributed by atoms with Gasteiger partial charge in [0.15, 0.2) is 12.9 Å². The SMILES string of the molecule is NCCNC(=O)c1cccc(-c2ccc(OCC(=O)NCCOCCO[C@H]3CC[C@@H](O)CO3)cc2)c1. The Labute approximate surface area is 211 Å². The highest BCUT2D eigenvalue weighted by atomic mass is 16.7. The molecule has 1 saturated heterocycles. The number of hydrogen-bond acceptors (Lipinski definition) is 8. The molecular weight excluding hydrogens is 466 g/mol. The van der Waals surface area contributed by atoms with Crippen molar-refractivity contribution in [2.45, 2.75) is 25.2 Å². The van der Waals surface area contributed by atoms with Crippen LogP contribution in [0.1, 0.15) is 23.2 Å². The minimum absolute atomic E-state index is 0.107. The molecule has 2 amide bonds. The number of carbonyl (C=O) groups is 2. The van der Waals surface area contributed by atoms with Crippen molar-refractivity contribution < 1.29 is 33.6 Å². The molecule has 3 rings (SSSR count). The number of ether oxygens (including phenoxy) is 4. The number of nitrogens with two attached hydrogens (primary N) is 1. The fraction of sp³-hybridized carbons (Fsp3) is 0.462. The second-order valence-corrected chi connectivity index (χ2v) is 8.27. The van der Waals surface area contributed by atoms with Crippen LogP contribution in [0.5, 0.6) is 5.75 Å². The molecule has 1 aliphatic heterocycles. The Balaban J connectivity index is 1.30. The van der Waals surface area contributed by atoms with Crippen molar-refractivity contribution in [3.63, 3.8) is 0 Å². The molecule has 1 aliphatic rings. The minimum Gasteiger partial charge on any atom is -0.484 e. The summed E-state index contributed by atoms with van der Waals surface area (Å²) in [5.74, 6) is 0.156. The van der Waals surface area contributed by atoms with Gasteiger partial charge in [-0.15, -0.1) is 0 Å². The molecule has 2 aromatic rings. The van der Waals surface area contributed by atoms with Crippen molar-refractivity contribution in [1.29, 1.82) is 0 Å². The fourth-order valence-electron chi connectivity index (χ4n) is 3.52. The first-order chi connectivity index (χ1) is 17.5. The molecular formula is C26H35N3O7. The minimum atomic E-state index is -0.404. The molecule has 10 nitrogen and oxygen atoms in total. The van der Waals surface area contributed by atoms with E-state index in [1.165, 1.54) is 0 Å². The Morgan fingerprint density at radius 2 is 1.83 bits per heavy atom. The Morgan fingerprint density at radius 1 is 1.00 bits per heavy atom. The number of benzene rings is 2. The zero-order valence-corrected chi connectivity index (χ0v) is 20.3. The summed E-state index contributed by atoms with van der Waals surface area (Å²) in [6, 6.07) is 14.6. The lowest BCUT2D eigenvalue weighted by Crippen LogP contribution is -2.33. The Kier molecular flexibility index (Phi) is 11.6. The van der Waals surface area contributed by atoms with Crippen LogP contribution in [-0.4, -0.2) is 82.0 Å². The lowest BCUT2D eigenvalue weighted by Gasteiger charge is -2.25. The van der Waals surface area contributed by atoms with Crippen LogP contribution in [0.3, 0.4) is 0 Å². The monoisotopic (exact) mass is 501 g/mol. The van der Waals surface area contributed by atoms with Crippen molar-refractivity contribution in [1.82, 2.24) is 10.6 Å². The van der Waals surface area contributed by atoms with Gasteiger partial charge in [0.25, 0.3) is 11.8 Å². The second kappa shape index (κ2) is 15.2. The Hall–Kier alpha value is -3.02. The summed E-state index contributed by atoms with van der Waals surface area (Å²) in [6.45, 7) is 2.51. The summed E-state index contributed by atoms with van der Waals surface area (Å²) in [5, 5.41) is 14.9. The van der Waals surface area contributed by atoms with Gasteiger partial charge in [-0.25, -0.2) is 0 Å². The van der Waals surface area contributed by atoms with Gasteiger partial charge < -0.3 is 40.4 Å². The molecule has 0 aromatic heterocycles. The van der Waals surface area contributed by atoms with Crippen LogP contribution in [0.4, 0.5) is 0 Å². The largest absolute Gasteiger partial charge is 0.484 e. The van der Waals surface area contributed by atoms with Crippen molar-refractivity contribution >= 4 is 11.8 Å². The molecule has 36 heavy (non-hydrogen) atoms. The molecule has 1 heterocycles. The van der Waals surface area contributed by atoms with Crippen LogP contribution in [0.15, 0.2) is 48.5 Å². The zero-order valence-electron chi connectivity index (χ0n) is 20.3. The van der Waals surface area contributed by atoms with E-state index in [1.54, 1.807) is 18.2 Å². The maximum absolute atomic E-state index is 12.2. The van der Waals surface area contributed by atoms with Crippen LogP contribution in [0.25, 0.3) is 11.1 Å². The third-order valence-corrected chi connectivity index (χ3v) is 5.42. The van der Waals surface area contributed by atoms with E-state index in [0.717, 1.165) is 11.1 Å². The number of rotatable bonds is 14. The van der Waals surface area contributed by atoms with Crippen molar-refractivity contribution in [2.24, 2.45) is 5.73 Å². The van der Waals surface area contributed by atoms with E-state index in [-0.39, 0.29) is 24.7 Å². The maximum atomic E-state index is 12.2. The Bertz CT molecular complexity index is 947. The first-order valence-electron chi connectivity index (χ1n) is 12.1. The third kappa shape index (κ3) is 9.56. The highest BCUT2D eigenvalue weighted by Gasteiger charge is 2.19. The number of nitrogens with one attached hydrogen (secondary N) is 2. The predicted octanol–water partition coefficient (Wildman–Crippen LogP) is 1.07. The summed E-state index contributed by atoms with van der Waals surface area (Å²) >= 11 is 0. The lowest BCUT2D eigenvalue weighted by molar-refractivity contribution is -0.191. The first kappa shape index (κ1) is 27.6. The van der Waals surface area contributed by atoms with Gasteiger partial charge >= 0.3 is 0 Å². The molecule has 0 aliphatic carbocycles. The lowest BCUT2D eigenvalue weighted by atomic mass is 10.0. The van der Waals surface area contributed by atoms with Crippen LogP contribution >= 0.6 is 0 Å². The van der Waals surface area contributed by atoms with E-state index in [4.69, 9.17) is 24.7 Å².